The summed E-state index contributed by atoms with van der Waals surface area (Å²) in [5.41, 5.74) is 2.92. The maximum atomic E-state index is 12.3. The smallest absolute Gasteiger partial charge is 0.317 e. The Kier molecular flexibility index (Phi) is 4.93. The maximum absolute atomic E-state index is 12.3. The Bertz CT molecular complexity index is 726. The highest BCUT2D eigenvalue weighted by atomic mass is 16.2. The highest BCUT2D eigenvalue weighted by molar-refractivity contribution is 5.75. The van der Waals surface area contributed by atoms with Gasteiger partial charge in [0, 0.05) is 32.7 Å². The Morgan fingerprint density at radius 2 is 1.62 bits per heavy atom. The summed E-state index contributed by atoms with van der Waals surface area (Å²) in [7, 11) is 0. The van der Waals surface area contributed by atoms with Crippen molar-refractivity contribution >= 4 is 6.03 Å². The second kappa shape index (κ2) is 7.50. The van der Waals surface area contributed by atoms with Crippen molar-refractivity contribution in [1.29, 1.82) is 0 Å². The van der Waals surface area contributed by atoms with Crippen LogP contribution in [-0.4, -0.2) is 47.5 Å². The third-order valence-electron chi connectivity index (χ3n) is 5.75. The number of carbonyl (C=O) groups excluding carboxylic acids is 1. The lowest BCUT2D eigenvalue weighted by atomic mass is 9.77. The number of hydrogen-bond donors (Lipinski definition) is 1. The van der Waals surface area contributed by atoms with E-state index in [4.69, 9.17) is 0 Å². The molecule has 136 valence electrons. The number of nitrogens with zero attached hydrogens (tertiary/aromatic N) is 2. The summed E-state index contributed by atoms with van der Waals surface area (Å²) in [6.45, 7) is 4.61. The number of nitrogens with one attached hydrogen (secondary N) is 1. The fraction of sp³-hybridized carbons (Fsp3) is 0.409. The van der Waals surface area contributed by atoms with Gasteiger partial charge in [0.25, 0.3) is 0 Å². The molecule has 2 fully saturated rings. The lowest BCUT2D eigenvalue weighted by Crippen LogP contribution is -2.77. The lowest BCUT2D eigenvalue weighted by Gasteiger charge is -2.62. The SMILES string of the molecule is O=C(NCCCc1ccccc1)N1CC2(CCN2Cc2ccccc2)C1. The van der Waals surface area contributed by atoms with Gasteiger partial charge >= 0.3 is 6.03 Å². The van der Waals surface area contributed by atoms with E-state index < -0.39 is 0 Å². The number of benzene rings is 2. The van der Waals surface area contributed by atoms with Gasteiger partial charge < -0.3 is 10.2 Å². The van der Waals surface area contributed by atoms with Gasteiger partial charge in [-0.15, -0.1) is 0 Å². The van der Waals surface area contributed by atoms with Crippen LogP contribution < -0.4 is 5.32 Å². The van der Waals surface area contributed by atoms with Crippen molar-refractivity contribution in [2.24, 2.45) is 0 Å². The third kappa shape index (κ3) is 3.61. The molecule has 4 rings (SSSR count). The number of carbonyl (C=O) groups is 1. The Balaban J connectivity index is 1.18. The van der Waals surface area contributed by atoms with Crippen LogP contribution in [-0.2, 0) is 13.0 Å². The first kappa shape index (κ1) is 17.1. The second-order valence-corrected chi connectivity index (χ2v) is 7.56. The van der Waals surface area contributed by atoms with Gasteiger partial charge in [-0.25, -0.2) is 4.79 Å². The Morgan fingerprint density at radius 3 is 2.23 bits per heavy atom. The van der Waals surface area contributed by atoms with Gasteiger partial charge in [0.05, 0.1) is 5.54 Å². The fourth-order valence-corrected chi connectivity index (χ4v) is 4.05. The molecule has 1 N–H and O–H groups in total. The van der Waals surface area contributed by atoms with E-state index >= 15 is 0 Å². The summed E-state index contributed by atoms with van der Waals surface area (Å²) < 4.78 is 0. The van der Waals surface area contributed by atoms with Crippen LogP contribution in [0.2, 0.25) is 0 Å². The first-order valence-electron chi connectivity index (χ1n) is 9.61. The molecule has 2 heterocycles. The van der Waals surface area contributed by atoms with Gasteiger partial charge in [-0.05, 0) is 30.4 Å². The van der Waals surface area contributed by atoms with Gasteiger partial charge in [-0.3, -0.25) is 4.90 Å². The number of amides is 2. The normalized spacial score (nSPS) is 18.2. The molecule has 2 aliphatic rings. The van der Waals surface area contributed by atoms with E-state index in [1.54, 1.807) is 0 Å². The van der Waals surface area contributed by atoms with Crippen molar-refractivity contribution < 1.29 is 4.79 Å². The van der Waals surface area contributed by atoms with E-state index in [1.165, 1.54) is 17.5 Å². The zero-order valence-corrected chi connectivity index (χ0v) is 15.2. The summed E-state index contributed by atoms with van der Waals surface area (Å²) in [5, 5.41) is 3.07. The predicted octanol–water partition coefficient (Wildman–Crippen LogP) is 3.29. The van der Waals surface area contributed by atoms with Crippen molar-refractivity contribution in [3.05, 3.63) is 71.8 Å². The van der Waals surface area contributed by atoms with Crippen molar-refractivity contribution in [1.82, 2.24) is 15.1 Å². The first-order chi connectivity index (χ1) is 12.8. The van der Waals surface area contributed by atoms with Gasteiger partial charge in [0.15, 0.2) is 0 Å². The Labute approximate surface area is 155 Å². The zero-order chi connectivity index (χ0) is 17.8. The van der Waals surface area contributed by atoms with Gasteiger partial charge in [0.1, 0.15) is 0 Å². The summed E-state index contributed by atoms with van der Waals surface area (Å²) in [6, 6.07) is 21.1. The molecule has 2 amide bonds. The van der Waals surface area contributed by atoms with E-state index in [0.29, 0.717) is 0 Å². The molecule has 0 radical (unpaired) electrons. The Hall–Kier alpha value is -2.33. The molecule has 26 heavy (non-hydrogen) atoms. The van der Waals surface area contributed by atoms with E-state index in [9.17, 15) is 4.79 Å². The van der Waals surface area contributed by atoms with Crippen LogP contribution in [0.1, 0.15) is 24.0 Å². The molecular weight excluding hydrogens is 322 g/mol. The largest absolute Gasteiger partial charge is 0.338 e. The molecule has 4 nitrogen and oxygen atoms in total. The van der Waals surface area contributed by atoms with Crippen LogP contribution in [0.3, 0.4) is 0 Å². The predicted molar refractivity (Wildman–Crippen MR) is 104 cm³/mol. The minimum absolute atomic E-state index is 0.0928. The minimum Gasteiger partial charge on any atom is -0.338 e. The average Bonchev–Trinajstić information content (AvgIpc) is 2.63. The summed E-state index contributed by atoms with van der Waals surface area (Å²) in [4.78, 5) is 16.8. The molecule has 2 aromatic rings. The number of rotatable bonds is 6. The van der Waals surface area contributed by atoms with Gasteiger partial charge in [0.2, 0.25) is 0 Å². The zero-order valence-electron chi connectivity index (χ0n) is 15.2. The minimum atomic E-state index is 0.0928. The van der Waals surface area contributed by atoms with Crippen LogP contribution in [0.15, 0.2) is 60.7 Å². The average molecular weight is 349 g/mol. The molecule has 1 spiro atoms. The van der Waals surface area contributed by atoms with Crippen LogP contribution in [0.5, 0.6) is 0 Å². The van der Waals surface area contributed by atoms with Gasteiger partial charge in [-0.2, -0.15) is 0 Å². The number of urea groups is 1. The molecule has 0 unspecified atom stereocenters. The first-order valence-corrected chi connectivity index (χ1v) is 9.61. The molecule has 0 saturated carbocycles. The van der Waals surface area contributed by atoms with Crippen LogP contribution in [0, 0.1) is 0 Å². The standard InChI is InChI=1S/C22H27N3O/c26-21(23-14-7-12-19-8-3-1-4-9-19)24-17-22(18-24)13-15-25(22)16-20-10-5-2-6-11-20/h1-6,8-11H,7,12-18H2,(H,23,26). The number of aryl methyl sites for hydroxylation is 1. The Morgan fingerprint density at radius 1 is 0.962 bits per heavy atom. The molecule has 4 heteroatoms. The van der Waals surface area contributed by atoms with Crippen molar-refractivity contribution in [2.45, 2.75) is 31.3 Å². The quantitative estimate of drug-likeness (QED) is 0.813. The molecule has 0 bridgehead atoms. The van der Waals surface area contributed by atoms with E-state index in [-0.39, 0.29) is 11.6 Å². The van der Waals surface area contributed by atoms with E-state index in [2.05, 4.69) is 64.8 Å². The summed E-state index contributed by atoms with van der Waals surface area (Å²) in [6.07, 6.45) is 3.20. The topological polar surface area (TPSA) is 35.6 Å². The van der Waals surface area contributed by atoms with E-state index in [0.717, 1.165) is 45.6 Å². The molecule has 0 aliphatic carbocycles. The van der Waals surface area contributed by atoms with E-state index in [1.807, 2.05) is 11.0 Å². The maximum Gasteiger partial charge on any atom is 0.317 e. The van der Waals surface area contributed by atoms with Crippen LogP contribution >= 0.6 is 0 Å². The summed E-state index contributed by atoms with van der Waals surface area (Å²) in [5.74, 6) is 0. The van der Waals surface area contributed by atoms with Crippen LogP contribution in [0.4, 0.5) is 4.79 Å². The molecule has 2 aliphatic heterocycles. The van der Waals surface area contributed by atoms with Crippen LogP contribution in [0.25, 0.3) is 0 Å². The monoisotopic (exact) mass is 349 g/mol. The van der Waals surface area contributed by atoms with Crippen molar-refractivity contribution in [3.63, 3.8) is 0 Å². The molecule has 0 aromatic heterocycles. The highest BCUT2D eigenvalue weighted by Gasteiger charge is 2.54. The second-order valence-electron chi connectivity index (χ2n) is 7.56. The highest BCUT2D eigenvalue weighted by Crippen LogP contribution is 2.40. The molecule has 2 saturated heterocycles. The number of likely N-dealkylation sites (tertiary alicyclic amines) is 2. The molecule has 0 atom stereocenters. The molecule has 2 aromatic carbocycles. The third-order valence-corrected chi connectivity index (χ3v) is 5.75. The summed E-state index contributed by atoms with van der Waals surface area (Å²) >= 11 is 0. The lowest BCUT2D eigenvalue weighted by molar-refractivity contribution is -0.109. The van der Waals surface area contributed by atoms with Crippen molar-refractivity contribution in [3.8, 4) is 0 Å². The van der Waals surface area contributed by atoms with Crippen molar-refractivity contribution in [2.75, 3.05) is 26.2 Å². The molecular formula is C22H27N3O. The van der Waals surface area contributed by atoms with Gasteiger partial charge in [-0.1, -0.05) is 60.7 Å². The number of hydrogen-bond acceptors (Lipinski definition) is 2. The fourth-order valence-electron chi connectivity index (χ4n) is 4.05.